The Hall–Kier alpha value is -1.66. The highest BCUT2D eigenvalue weighted by molar-refractivity contribution is 6.31. The topological polar surface area (TPSA) is 45.2 Å². The number of benzene rings is 1. The Balaban J connectivity index is 2.13. The second-order valence-electron chi connectivity index (χ2n) is 7.81. The van der Waals surface area contributed by atoms with E-state index in [0.717, 1.165) is 23.5 Å². The van der Waals surface area contributed by atoms with Crippen LogP contribution in [0.1, 0.15) is 26.3 Å². The summed E-state index contributed by atoms with van der Waals surface area (Å²) in [6.45, 7) is 9.00. The third-order valence-electron chi connectivity index (χ3n) is 4.07. The quantitative estimate of drug-likeness (QED) is 0.796. The van der Waals surface area contributed by atoms with Crippen LogP contribution in [0.15, 0.2) is 12.1 Å². The molecule has 0 saturated carbocycles. The fourth-order valence-corrected chi connectivity index (χ4v) is 3.25. The molecule has 0 aliphatic carbocycles. The average molecular weight is 384 g/mol. The number of carbonyl (C=O) groups excluding carboxylic acids is 1. The van der Waals surface area contributed by atoms with Crippen LogP contribution in [0.4, 0.5) is 10.5 Å². The number of rotatable bonds is 4. The fraction of sp³-hybridized carbons (Fsp3) is 0.632. The Bertz CT molecular complexity index is 636. The second kappa shape index (κ2) is 8.35. The first-order valence-corrected chi connectivity index (χ1v) is 9.22. The highest BCUT2D eigenvalue weighted by atomic mass is 35.5. The summed E-state index contributed by atoms with van der Waals surface area (Å²) in [7, 11) is 5.71. The minimum Gasteiger partial charge on any atom is -0.494 e. The molecule has 2 rings (SSSR count). The molecule has 146 valence electrons. The second-order valence-corrected chi connectivity index (χ2v) is 8.25. The summed E-state index contributed by atoms with van der Waals surface area (Å²) in [5, 5.41) is 0.687. The van der Waals surface area contributed by atoms with Gasteiger partial charge in [0.15, 0.2) is 0 Å². The van der Waals surface area contributed by atoms with E-state index in [9.17, 15) is 4.79 Å². The van der Waals surface area contributed by atoms with E-state index < -0.39 is 5.60 Å². The molecule has 1 aromatic carbocycles. The fourth-order valence-electron chi connectivity index (χ4n) is 3.02. The summed E-state index contributed by atoms with van der Waals surface area (Å²) in [4.78, 5) is 18.3. The van der Waals surface area contributed by atoms with Crippen LogP contribution in [-0.4, -0.2) is 68.9 Å². The van der Waals surface area contributed by atoms with E-state index in [2.05, 4.69) is 9.80 Å². The van der Waals surface area contributed by atoms with Gasteiger partial charge in [-0.25, -0.2) is 4.79 Å². The third-order valence-corrected chi connectivity index (χ3v) is 4.29. The van der Waals surface area contributed by atoms with Crippen LogP contribution in [0, 0.1) is 0 Å². The van der Waals surface area contributed by atoms with E-state index in [4.69, 9.17) is 21.1 Å². The summed E-state index contributed by atoms with van der Waals surface area (Å²) in [6, 6.07) is 3.88. The van der Waals surface area contributed by atoms with Crippen molar-refractivity contribution in [2.45, 2.75) is 32.9 Å². The molecular weight excluding hydrogens is 354 g/mol. The van der Waals surface area contributed by atoms with E-state index in [0.29, 0.717) is 31.2 Å². The zero-order valence-electron chi connectivity index (χ0n) is 16.6. The SMILES string of the molecule is COc1c(CN(C)C)cc(Cl)cc1N1CCN(C(=O)OC(C)(C)C)CC1. The van der Waals surface area contributed by atoms with Gasteiger partial charge in [0.1, 0.15) is 11.4 Å². The summed E-state index contributed by atoms with van der Waals surface area (Å²) >= 11 is 6.35. The van der Waals surface area contributed by atoms with Crippen LogP contribution in [0.25, 0.3) is 0 Å². The molecule has 1 aromatic rings. The van der Waals surface area contributed by atoms with Gasteiger partial charge in [-0.2, -0.15) is 0 Å². The maximum Gasteiger partial charge on any atom is 0.410 e. The predicted octanol–water partition coefficient (Wildman–Crippen LogP) is 3.47. The van der Waals surface area contributed by atoms with Gasteiger partial charge in [-0.3, -0.25) is 0 Å². The average Bonchev–Trinajstić information content (AvgIpc) is 2.52. The van der Waals surface area contributed by atoms with Gasteiger partial charge in [0, 0.05) is 43.3 Å². The van der Waals surface area contributed by atoms with Gasteiger partial charge in [-0.15, -0.1) is 0 Å². The van der Waals surface area contributed by atoms with Crippen LogP contribution < -0.4 is 9.64 Å². The number of methoxy groups -OCH3 is 1. The molecule has 26 heavy (non-hydrogen) atoms. The van der Waals surface area contributed by atoms with Gasteiger partial charge in [0.2, 0.25) is 0 Å². The summed E-state index contributed by atoms with van der Waals surface area (Å²) < 4.78 is 11.2. The molecular formula is C19H30ClN3O3. The molecule has 0 aromatic heterocycles. The van der Waals surface area contributed by atoms with Crippen LogP contribution >= 0.6 is 11.6 Å². The number of halogens is 1. The first kappa shape index (κ1) is 20.6. The van der Waals surface area contributed by atoms with Gasteiger partial charge in [-0.1, -0.05) is 11.6 Å². The van der Waals surface area contributed by atoms with E-state index in [1.165, 1.54) is 0 Å². The monoisotopic (exact) mass is 383 g/mol. The van der Waals surface area contributed by atoms with Crippen molar-refractivity contribution >= 4 is 23.4 Å². The molecule has 0 atom stereocenters. The number of ether oxygens (including phenoxy) is 2. The molecule has 0 unspecified atom stereocenters. The zero-order valence-corrected chi connectivity index (χ0v) is 17.4. The number of hydrogen-bond donors (Lipinski definition) is 0. The molecule has 1 aliphatic heterocycles. The maximum absolute atomic E-state index is 12.2. The molecule has 6 nitrogen and oxygen atoms in total. The van der Waals surface area contributed by atoms with Crippen molar-refractivity contribution in [1.82, 2.24) is 9.80 Å². The number of piperazine rings is 1. The molecule has 0 bridgehead atoms. The minimum atomic E-state index is -0.481. The van der Waals surface area contributed by atoms with Crippen molar-refractivity contribution < 1.29 is 14.3 Å². The molecule has 1 fully saturated rings. The van der Waals surface area contributed by atoms with Crippen LogP contribution in [-0.2, 0) is 11.3 Å². The predicted molar refractivity (Wildman–Crippen MR) is 105 cm³/mol. The Morgan fingerprint density at radius 1 is 1.19 bits per heavy atom. The smallest absolute Gasteiger partial charge is 0.410 e. The first-order chi connectivity index (χ1) is 12.1. The normalized spacial score (nSPS) is 15.4. The molecule has 1 heterocycles. The number of amides is 1. The Kier molecular flexibility index (Phi) is 6.64. The Labute approximate surface area is 161 Å². The number of carbonyl (C=O) groups is 1. The lowest BCUT2D eigenvalue weighted by atomic mass is 10.1. The molecule has 1 aliphatic rings. The third kappa shape index (κ3) is 5.42. The van der Waals surface area contributed by atoms with Gasteiger partial charge in [0.25, 0.3) is 0 Å². The first-order valence-electron chi connectivity index (χ1n) is 8.84. The Morgan fingerprint density at radius 3 is 2.31 bits per heavy atom. The molecule has 0 spiro atoms. The lowest BCUT2D eigenvalue weighted by molar-refractivity contribution is 0.0240. The summed E-state index contributed by atoms with van der Waals surface area (Å²) in [6.07, 6.45) is -0.261. The van der Waals surface area contributed by atoms with E-state index in [-0.39, 0.29) is 6.09 Å². The number of nitrogens with zero attached hydrogens (tertiary/aromatic N) is 3. The maximum atomic E-state index is 12.2. The largest absolute Gasteiger partial charge is 0.494 e. The van der Waals surface area contributed by atoms with E-state index in [1.807, 2.05) is 47.0 Å². The molecule has 0 N–H and O–H groups in total. The van der Waals surface area contributed by atoms with Gasteiger partial charge < -0.3 is 24.2 Å². The summed E-state index contributed by atoms with van der Waals surface area (Å²) in [5.74, 6) is 0.841. The lowest BCUT2D eigenvalue weighted by Crippen LogP contribution is -2.50. The molecule has 1 saturated heterocycles. The van der Waals surface area contributed by atoms with Gasteiger partial charge in [0.05, 0.1) is 12.8 Å². The highest BCUT2D eigenvalue weighted by Crippen LogP contribution is 2.36. The van der Waals surface area contributed by atoms with Gasteiger partial charge in [-0.05, 0) is 47.0 Å². The van der Waals surface area contributed by atoms with Crippen molar-refractivity contribution in [3.63, 3.8) is 0 Å². The van der Waals surface area contributed by atoms with Crippen molar-refractivity contribution in [1.29, 1.82) is 0 Å². The van der Waals surface area contributed by atoms with Crippen molar-refractivity contribution in [2.75, 3.05) is 52.3 Å². The number of hydrogen-bond acceptors (Lipinski definition) is 5. The molecule has 1 amide bonds. The van der Waals surface area contributed by atoms with Gasteiger partial charge >= 0.3 is 6.09 Å². The zero-order chi connectivity index (χ0) is 19.5. The lowest BCUT2D eigenvalue weighted by Gasteiger charge is -2.37. The van der Waals surface area contributed by atoms with Crippen molar-refractivity contribution in [2.24, 2.45) is 0 Å². The number of anilines is 1. The molecule has 0 radical (unpaired) electrons. The highest BCUT2D eigenvalue weighted by Gasteiger charge is 2.27. The summed E-state index contributed by atoms with van der Waals surface area (Å²) in [5.41, 5.74) is 1.54. The van der Waals surface area contributed by atoms with Crippen molar-refractivity contribution in [3.05, 3.63) is 22.7 Å². The van der Waals surface area contributed by atoms with Crippen LogP contribution in [0.3, 0.4) is 0 Å². The van der Waals surface area contributed by atoms with E-state index in [1.54, 1.807) is 12.0 Å². The molecule has 7 heteroatoms. The standard InChI is InChI=1S/C19H30ClN3O3/c1-19(2,3)26-18(24)23-9-7-22(8-10-23)16-12-15(20)11-14(13-21(4)5)17(16)25-6/h11-12H,7-10,13H2,1-6H3. The minimum absolute atomic E-state index is 0.261. The van der Waals surface area contributed by atoms with Crippen LogP contribution in [0.5, 0.6) is 5.75 Å². The Morgan fingerprint density at radius 2 is 1.81 bits per heavy atom. The van der Waals surface area contributed by atoms with Crippen LogP contribution in [0.2, 0.25) is 5.02 Å². The van der Waals surface area contributed by atoms with E-state index >= 15 is 0 Å². The van der Waals surface area contributed by atoms with Crippen molar-refractivity contribution in [3.8, 4) is 5.75 Å².